The number of nitrogens with two attached hydrogens (primary N) is 1. The van der Waals surface area contributed by atoms with Gasteiger partial charge in [-0.1, -0.05) is 5.21 Å². The van der Waals surface area contributed by atoms with Gasteiger partial charge in [0.25, 0.3) is 0 Å². The molecule has 0 aliphatic rings. The third-order valence-corrected chi connectivity index (χ3v) is 2.73. The van der Waals surface area contributed by atoms with Gasteiger partial charge < -0.3 is 14.9 Å². The quantitative estimate of drug-likeness (QED) is 0.450. The van der Waals surface area contributed by atoms with E-state index in [1.807, 2.05) is 0 Å². The average Bonchev–Trinajstić information content (AvgIpc) is 3.07. The maximum atomic E-state index is 11.6. The number of carbonyl (C=O) groups is 1. The molecule has 0 unspecified atom stereocenters. The Hall–Kier alpha value is -2.75. The number of rotatable bonds is 6. The Morgan fingerprint density at radius 2 is 2.33 bits per heavy atom. The molecule has 10 nitrogen and oxygen atoms in total. The Kier molecular flexibility index (Phi) is 4.28. The summed E-state index contributed by atoms with van der Waals surface area (Å²) in [4.78, 5) is 21.5. The molecule has 2 rings (SSSR count). The molecule has 0 atom stereocenters. The molecular weight excluding hydrogens is 282 g/mol. The van der Waals surface area contributed by atoms with E-state index in [1.54, 1.807) is 0 Å². The number of nitrogens with zero attached hydrogens (tertiary/aromatic N) is 4. The Morgan fingerprint density at radius 3 is 2.90 bits per heavy atom. The number of hydrogen-bond acceptors (Lipinski definition) is 8. The number of ether oxygens (including phenoxy) is 1. The normalized spacial score (nSPS) is 10.6. The Bertz CT molecular complexity index is 662. The molecule has 112 valence electrons. The van der Waals surface area contributed by atoms with Crippen LogP contribution in [0.1, 0.15) is 21.9 Å². The molecule has 0 saturated carbocycles. The third kappa shape index (κ3) is 3.05. The smallest absolute Gasteiger partial charge is 0.433 e. The number of carbonyl (C=O) groups excluding carboxylic acids is 1. The standard InChI is InChI=1S/C11H13N5O5/c1-20-11(17)10-8(4-5-12)15(14-13-10)6-7-2-3-9(21-7)16(18)19/h2-3H,4-6,12H2,1H3. The SMILES string of the molecule is COC(=O)c1nnn(Cc2ccc([N+](=O)[O-])o2)c1CCN. The predicted octanol–water partition coefficient (Wildman–Crippen LogP) is 0.115. The first kappa shape index (κ1) is 14.7. The topological polar surface area (TPSA) is 139 Å². The third-order valence-electron chi connectivity index (χ3n) is 2.73. The lowest BCUT2D eigenvalue weighted by molar-refractivity contribution is -0.402. The zero-order valence-electron chi connectivity index (χ0n) is 11.2. The van der Waals surface area contributed by atoms with Crippen molar-refractivity contribution in [3.05, 3.63) is 39.4 Å². The van der Waals surface area contributed by atoms with Crippen LogP contribution in [-0.2, 0) is 17.7 Å². The Balaban J connectivity index is 2.28. The van der Waals surface area contributed by atoms with E-state index in [9.17, 15) is 14.9 Å². The van der Waals surface area contributed by atoms with Crippen molar-refractivity contribution in [2.45, 2.75) is 13.0 Å². The zero-order valence-corrected chi connectivity index (χ0v) is 11.2. The fraction of sp³-hybridized carbons (Fsp3) is 0.364. The van der Waals surface area contributed by atoms with Gasteiger partial charge in [0.2, 0.25) is 0 Å². The molecule has 0 saturated heterocycles. The van der Waals surface area contributed by atoms with Gasteiger partial charge in [0, 0.05) is 6.42 Å². The number of esters is 1. The van der Waals surface area contributed by atoms with Crippen molar-refractivity contribution in [1.82, 2.24) is 15.0 Å². The van der Waals surface area contributed by atoms with Crippen molar-refractivity contribution >= 4 is 11.9 Å². The van der Waals surface area contributed by atoms with Gasteiger partial charge in [-0.15, -0.1) is 5.10 Å². The van der Waals surface area contributed by atoms with E-state index >= 15 is 0 Å². The number of hydrogen-bond donors (Lipinski definition) is 1. The van der Waals surface area contributed by atoms with E-state index in [1.165, 1.54) is 23.9 Å². The van der Waals surface area contributed by atoms with Gasteiger partial charge in [-0.2, -0.15) is 0 Å². The van der Waals surface area contributed by atoms with E-state index in [0.717, 1.165) is 0 Å². The largest absolute Gasteiger partial charge is 0.464 e. The minimum atomic E-state index is -0.633. The van der Waals surface area contributed by atoms with Crippen molar-refractivity contribution < 1.29 is 18.9 Å². The summed E-state index contributed by atoms with van der Waals surface area (Å²) >= 11 is 0. The molecule has 0 bridgehead atoms. The minimum absolute atomic E-state index is 0.0732. The Morgan fingerprint density at radius 1 is 1.57 bits per heavy atom. The zero-order chi connectivity index (χ0) is 15.4. The van der Waals surface area contributed by atoms with Crippen LogP contribution in [0, 0.1) is 10.1 Å². The molecule has 0 aliphatic heterocycles. The second kappa shape index (κ2) is 6.13. The number of methoxy groups -OCH3 is 1. The van der Waals surface area contributed by atoms with Gasteiger partial charge in [0.1, 0.15) is 17.2 Å². The van der Waals surface area contributed by atoms with Gasteiger partial charge in [-0.3, -0.25) is 10.1 Å². The molecule has 2 N–H and O–H groups in total. The van der Waals surface area contributed by atoms with Crippen molar-refractivity contribution in [2.75, 3.05) is 13.7 Å². The maximum absolute atomic E-state index is 11.6. The second-order valence-electron chi connectivity index (χ2n) is 4.07. The lowest BCUT2D eigenvalue weighted by atomic mass is 10.2. The second-order valence-corrected chi connectivity index (χ2v) is 4.07. The number of nitro groups is 1. The first-order chi connectivity index (χ1) is 10.1. The molecule has 0 aliphatic carbocycles. The predicted molar refractivity (Wildman–Crippen MR) is 68.6 cm³/mol. The molecule has 0 aromatic carbocycles. The van der Waals surface area contributed by atoms with Crippen LogP contribution in [0.25, 0.3) is 0 Å². The highest BCUT2D eigenvalue weighted by Gasteiger charge is 2.21. The fourth-order valence-corrected chi connectivity index (χ4v) is 1.80. The van der Waals surface area contributed by atoms with E-state index in [0.29, 0.717) is 17.9 Å². The van der Waals surface area contributed by atoms with Crippen LogP contribution in [0.2, 0.25) is 0 Å². The van der Waals surface area contributed by atoms with Crippen LogP contribution in [0.3, 0.4) is 0 Å². The van der Waals surface area contributed by atoms with Crippen LogP contribution in [-0.4, -0.2) is 39.5 Å². The molecule has 10 heteroatoms. The summed E-state index contributed by atoms with van der Waals surface area (Å²) in [6.07, 6.45) is 0.361. The molecular formula is C11H13N5O5. The summed E-state index contributed by atoms with van der Waals surface area (Å²) in [6.45, 7) is 0.392. The van der Waals surface area contributed by atoms with Crippen LogP contribution < -0.4 is 5.73 Å². The molecule has 2 aromatic heterocycles. The molecule has 21 heavy (non-hydrogen) atoms. The van der Waals surface area contributed by atoms with Gasteiger partial charge >= 0.3 is 11.9 Å². The molecule has 2 aromatic rings. The van der Waals surface area contributed by atoms with Gasteiger partial charge in [-0.05, 0) is 12.6 Å². The van der Waals surface area contributed by atoms with Crippen LogP contribution in [0.4, 0.5) is 5.88 Å². The molecule has 2 heterocycles. The number of furan rings is 1. The van der Waals surface area contributed by atoms with Crippen molar-refractivity contribution in [3.63, 3.8) is 0 Å². The van der Waals surface area contributed by atoms with E-state index in [2.05, 4.69) is 15.0 Å². The summed E-state index contributed by atoms with van der Waals surface area (Å²) in [7, 11) is 1.24. The average molecular weight is 295 g/mol. The molecule has 0 amide bonds. The summed E-state index contributed by atoms with van der Waals surface area (Å²) < 4.78 is 11.1. The van der Waals surface area contributed by atoms with Crippen molar-refractivity contribution in [1.29, 1.82) is 0 Å². The highest BCUT2D eigenvalue weighted by Crippen LogP contribution is 2.17. The van der Waals surface area contributed by atoms with E-state index in [4.69, 9.17) is 10.2 Å². The molecule has 0 radical (unpaired) electrons. The number of aromatic nitrogens is 3. The van der Waals surface area contributed by atoms with Crippen molar-refractivity contribution in [2.24, 2.45) is 5.73 Å². The van der Waals surface area contributed by atoms with Crippen LogP contribution >= 0.6 is 0 Å². The summed E-state index contributed by atoms with van der Waals surface area (Å²) in [6, 6.07) is 2.71. The van der Waals surface area contributed by atoms with E-state index < -0.39 is 10.9 Å². The monoisotopic (exact) mass is 295 g/mol. The van der Waals surface area contributed by atoms with Gasteiger partial charge in [0.05, 0.1) is 18.9 Å². The summed E-state index contributed by atoms with van der Waals surface area (Å²) in [5, 5.41) is 18.2. The van der Waals surface area contributed by atoms with Crippen LogP contribution in [0.15, 0.2) is 16.5 Å². The Labute approximate surface area is 118 Å². The molecule has 0 fully saturated rings. The van der Waals surface area contributed by atoms with Crippen molar-refractivity contribution in [3.8, 4) is 0 Å². The fourth-order valence-electron chi connectivity index (χ4n) is 1.80. The van der Waals surface area contributed by atoms with Gasteiger partial charge in [0.15, 0.2) is 5.69 Å². The summed E-state index contributed by atoms with van der Waals surface area (Å²) in [5.41, 5.74) is 6.06. The van der Waals surface area contributed by atoms with E-state index in [-0.39, 0.29) is 24.7 Å². The lowest BCUT2D eigenvalue weighted by Gasteiger charge is -2.04. The first-order valence-electron chi connectivity index (χ1n) is 6.00. The molecule has 0 spiro atoms. The first-order valence-corrected chi connectivity index (χ1v) is 6.00. The highest BCUT2D eigenvalue weighted by molar-refractivity contribution is 5.88. The highest BCUT2D eigenvalue weighted by atomic mass is 16.6. The maximum Gasteiger partial charge on any atom is 0.433 e. The lowest BCUT2D eigenvalue weighted by Crippen LogP contribution is -2.14. The van der Waals surface area contributed by atoms with Crippen LogP contribution in [0.5, 0.6) is 0 Å². The van der Waals surface area contributed by atoms with Gasteiger partial charge in [-0.25, -0.2) is 9.48 Å². The minimum Gasteiger partial charge on any atom is -0.464 e. The summed E-state index contributed by atoms with van der Waals surface area (Å²) in [5.74, 6) is -0.657.